The smallest absolute Gasteiger partial charge is 0.275 e. The summed E-state index contributed by atoms with van der Waals surface area (Å²) in [6, 6.07) is 3.13. The van der Waals surface area contributed by atoms with Crippen molar-refractivity contribution in [2.24, 2.45) is 17.8 Å². The predicted molar refractivity (Wildman–Crippen MR) is 126 cm³/mol. The number of fused-ring (bicyclic) bond motifs is 4. The molecule has 194 valence electrons. The molecule has 1 saturated carbocycles. The molecule has 2 N–H and O–H groups in total. The van der Waals surface area contributed by atoms with Crippen LogP contribution in [0, 0.1) is 29.4 Å². The Bertz CT molecular complexity index is 1120. The first-order valence-corrected chi connectivity index (χ1v) is 12.7. The van der Waals surface area contributed by atoms with Gasteiger partial charge in [0.1, 0.15) is 29.4 Å². The number of allylic oxidation sites excluding steroid dienone is 1. The Morgan fingerprint density at radius 3 is 2.67 bits per heavy atom. The van der Waals surface area contributed by atoms with E-state index in [1.807, 2.05) is 4.90 Å². The van der Waals surface area contributed by atoms with Crippen LogP contribution in [0.25, 0.3) is 0 Å². The maximum absolute atomic E-state index is 14.0. The number of benzene rings is 1. The van der Waals surface area contributed by atoms with Crippen molar-refractivity contribution < 1.29 is 28.3 Å². The summed E-state index contributed by atoms with van der Waals surface area (Å²) < 4.78 is 27.1. The van der Waals surface area contributed by atoms with E-state index >= 15 is 0 Å². The van der Waals surface area contributed by atoms with E-state index in [-0.39, 0.29) is 42.5 Å². The lowest BCUT2D eigenvalue weighted by atomic mass is 9.89. The van der Waals surface area contributed by atoms with E-state index in [2.05, 4.69) is 24.1 Å². The molecule has 1 aliphatic carbocycles. The van der Waals surface area contributed by atoms with Gasteiger partial charge in [-0.2, -0.15) is 0 Å². The van der Waals surface area contributed by atoms with Gasteiger partial charge in [-0.3, -0.25) is 19.3 Å². The fourth-order valence-electron chi connectivity index (χ4n) is 6.29. The van der Waals surface area contributed by atoms with Crippen LogP contribution in [0.4, 0.5) is 8.78 Å². The summed E-state index contributed by atoms with van der Waals surface area (Å²) in [7, 11) is 0. The molecule has 3 fully saturated rings. The number of ketones is 1. The molecule has 3 aliphatic heterocycles. The number of carbonyl (C=O) groups excluding carboxylic acids is 3. The topological polar surface area (TPSA) is 93.2 Å². The summed E-state index contributed by atoms with van der Waals surface area (Å²) >= 11 is 0. The predicted octanol–water partition coefficient (Wildman–Crippen LogP) is 2.16. The van der Waals surface area contributed by atoms with Crippen LogP contribution in [-0.4, -0.2) is 75.8 Å². The molecule has 0 aromatic heterocycles. The normalized spacial score (nSPS) is 28.4. The number of aliphatic hydroxyl groups excluding tert-OH is 1. The second-order valence-corrected chi connectivity index (χ2v) is 10.8. The number of Topliss-reactive ketones (excluding diaryl/α,β-unsaturated/α-hetero) is 1. The molecule has 4 aliphatic rings. The van der Waals surface area contributed by atoms with Gasteiger partial charge < -0.3 is 20.2 Å². The minimum atomic E-state index is -1.24. The minimum Gasteiger partial charge on any atom is -0.503 e. The Labute approximate surface area is 208 Å². The first-order chi connectivity index (χ1) is 17.2. The lowest BCUT2D eigenvalue weighted by Crippen LogP contribution is -2.70. The number of nitrogens with one attached hydrogen (secondary N) is 1. The standard InChI is InChI=1S/C26H32F2N4O4/c1-14(2)10-30-11-16-4-3-5-20(16)32-21(30)13-31-12-18(23(33)24(34)22(31)26(32)36)25(35)29-9-15-6-7-17(27)8-19(15)28/h6-8,14,16,18,20-21,34H,3-5,9-13H2,1-2H3,(H,29,35)/t16-,18?,20-,21-/m0/s1. The Hall–Kier alpha value is -3.01. The number of nitrogens with zero attached hydrogens (tertiary/aromatic N) is 3. The van der Waals surface area contributed by atoms with E-state index in [1.54, 1.807) is 4.90 Å². The van der Waals surface area contributed by atoms with Gasteiger partial charge in [0.25, 0.3) is 5.91 Å². The number of hydrogen-bond donors (Lipinski definition) is 2. The third-order valence-corrected chi connectivity index (χ3v) is 7.89. The Kier molecular flexibility index (Phi) is 6.48. The first kappa shape index (κ1) is 24.7. The van der Waals surface area contributed by atoms with Crippen LogP contribution in [0.3, 0.4) is 0 Å². The molecule has 8 nitrogen and oxygen atoms in total. The number of carbonyl (C=O) groups is 3. The van der Waals surface area contributed by atoms with Crippen molar-refractivity contribution in [2.45, 2.75) is 51.9 Å². The van der Waals surface area contributed by atoms with Gasteiger partial charge in [0, 0.05) is 43.9 Å². The van der Waals surface area contributed by atoms with Crippen LogP contribution in [-0.2, 0) is 20.9 Å². The second-order valence-electron chi connectivity index (χ2n) is 10.8. The van der Waals surface area contributed by atoms with Crippen LogP contribution in [0.5, 0.6) is 0 Å². The van der Waals surface area contributed by atoms with E-state index < -0.39 is 35.0 Å². The third kappa shape index (κ3) is 4.25. The SMILES string of the molecule is CC(C)CN1C[C@@H]2CCC[C@@H]2N2C(=O)C3=C(O)C(=O)C(C(=O)NCc4ccc(F)cc4F)CN3C[C@@H]12. The van der Waals surface area contributed by atoms with E-state index in [4.69, 9.17) is 0 Å². The molecule has 2 saturated heterocycles. The van der Waals surface area contributed by atoms with Crippen molar-refractivity contribution in [2.75, 3.05) is 26.2 Å². The Balaban J connectivity index is 1.38. The van der Waals surface area contributed by atoms with Gasteiger partial charge in [-0.25, -0.2) is 8.78 Å². The summed E-state index contributed by atoms with van der Waals surface area (Å²) in [5, 5.41) is 13.3. The fraction of sp³-hybridized carbons (Fsp3) is 0.577. The maximum atomic E-state index is 14.0. The number of halogens is 2. The van der Waals surface area contributed by atoms with Crippen molar-refractivity contribution in [1.29, 1.82) is 0 Å². The van der Waals surface area contributed by atoms with Crippen molar-refractivity contribution in [1.82, 2.24) is 20.0 Å². The van der Waals surface area contributed by atoms with Gasteiger partial charge in [0.2, 0.25) is 11.7 Å². The van der Waals surface area contributed by atoms with Crippen LogP contribution < -0.4 is 5.32 Å². The molecular weight excluding hydrogens is 470 g/mol. The molecule has 4 atom stereocenters. The number of rotatable bonds is 5. The quantitative estimate of drug-likeness (QED) is 0.600. The number of amides is 2. The van der Waals surface area contributed by atoms with Gasteiger partial charge in [0.05, 0.1) is 6.54 Å². The molecule has 1 aromatic carbocycles. The lowest BCUT2D eigenvalue weighted by Gasteiger charge is -2.56. The average Bonchev–Trinajstić information content (AvgIpc) is 3.28. The van der Waals surface area contributed by atoms with Gasteiger partial charge in [-0.15, -0.1) is 0 Å². The summed E-state index contributed by atoms with van der Waals surface area (Å²) in [4.78, 5) is 45.4. The molecule has 1 unspecified atom stereocenters. The zero-order valence-electron chi connectivity index (χ0n) is 20.5. The van der Waals surface area contributed by atoms with Gasteiger partial charge >= 0.3 is 0 Å². The van der Waals surface area contributed by atoms with E-state index in [0.717, 1.165) is 44.5 Å². The molecule has 0 spiro atoms. The highest BCUT2D eigenvalue weighted by Crippen LogP contribution is 2.41. The molecule has 2 amide bonds. The summed E-state index contributed by atoms with van der Waals surface area (Å²) in [6.07, 6.45) is 2.82. The zero-order chi connectivity index (χ0) is 25.7. The highest BCUT2D eigenvalue weighted by molar-refractivity contribution is 6.13. The fourth-order valence-corrected chi connectivity index (χ4v) is 6.29. The van der Waals surface area contributed by atoms with E-state index in [0.29, 0.717) is 18.4 Å². The highest BCUT2D eigenvalue weighted by atomic mass is 19.1. The van der Waals surface area contributed by atoms with Crippen molar-refractivity contribution in [3.05, 3.63) is 46.9 Å². The molecule has 5 rings (SSSR count). The second kappa shape index (κ2) is 9.46. The molecule has 0 radical (unpaired) electrons. The first-order valence-electron chi connectivity index (χ1n) is 12.7. The van der Waals surface area contributed by atoms with Crippen LogP contribution in [0.1, 0.15) is 38.7 Å². The van der Waals surface area contributed by atoms with Crippen LogP contribution in [0.2, 0.25) is 0 Å². The molecule has 0 bridgehead atoms. The molecule has 36 heavy (non-hydrogen) atoms. The van der Waals surface area contributed by atoms with Crippen molar-refractivity contribution in [3.63, 3.8) is 0 Å². The zero-order valence-corrected chi connectivity index (χ0v) is 20.5. The van der Waals surface area contributed by atoms with Crippen molar-refractivity contribution >= 4 is 17.6 Å². The van der Waals surface area contributed by atoms with E-state index in [9.17, 15) is 28.3 Å². The summed E-state index contributed by atoms with van der Waals surface area (Å²) in [6.45, 7) is 6.12. The number of hydrogen-bond acceptors (Lipinski definition) is 6. The average molecular weight is 503 g/mol. The monoisotopic (exact) mass is 502 g/mol. The number of piperazine rings is 1. The Morgan fingerprint density at radius 2 is 1.94 bits per heavy atom. The molecular formula is C26H32F2N4O4. The lowest BCUT2D eigenvalue weighted by molar-refractivity contribution is -0.159. The van der Waals surface area contributed by atoms with Gasteiger partial charge in [0.15, 0.2) is 5.76 Å². The molecule has 1 aromatic rings. The van der Waals surface area contributed by atoms with Gasteiger partial charge in [-0.1, -0.05) is 26.3 Å². The highest BCUT2D eigenvalue weighted by Gasteiger charge is 2.53. The molecule has 3 heterocycles. The summed E-state index contributed by atoms with van der Waals surface area (Å²) in [5.74, 6) is -4.52. The van der Waals surface area contributed by atoms with E-state index in [1.165, 1.54) is 6.07 Å². The maximum Gasteiger partial charge on any atom is 0.275 e. The van der Waals surface area contributed by atoms with Crippen LogP contribution in [0.15, 0.2) is 29.7 Å². The summed E-state index contributed by atoms with van der Waals surface area (Å²) in [5.41, 5.74) is 0.0526. The minimum absolute atomic E-state index is 0.0260. The van der Waals surface area contributed by atoms with Crippen LogP contribution >= 0.6 is 0 Å². The molecule has 10 heteroatoms. The van der Waals surface area contributed by atoms with Gasteiger partial charge in [-0.05, 0) is 30.7 Å². The van der Waals surface area contributed by atoms with Crippen molar-refractivity contribution in [3.8, 4) is 0 Å². The third-order valence-electron chi connectivity index (χ3n) is 7.89. The number of aliphatic hydroxyl groups is 1. The Morgan fingerprint density at radius 1 is 1.17 bits per heavy atom. The largest absolute Gasteiger partial charge is 0.503 e.